The number of para-hydroxylation sites is 1. The summed E-state index contributed by atoms with van der Waals surface area (Å²) < 4.78 is 0. The van der Waals surface area contributed by atoms with Gasteiger partial charge in [0.15, 0.2) is 0 Å². The predicted molar refractivity (Wildman–Crippen MR) is 103 cm³/mol. The van der Waals surface area contributed by atoms with Gasteiger partial charge in [0, 0.05) is 43.0 Å². The van der Waals surface area contributed by atoms with E-state index in [1.807, 2.05) is 35.4 Å². The van der Waals surface area contributed by atoms with Gasteiger partial charge >= 0.3 is 0 Å². The Morgan fingerprint density at radius 1 is 0.962 bits per heavy atom. The van der Waals surface area contributed by atoms with E-state index in [-0.39, 0.29) is 5.91 Å². The molecule has 4 rings (SSSR count). The predicted octanol–water partition coefficient (Wildman–Crippen LogP) is 3.97. The molecule has 0 unspecified atom stereocenters. The van der Waals surface area contributed by atoms with Gasteiger partial charge in [0.1, 0.15) is 0 Å². The van der Waals surface area contributed by atoms with Crippen LogP contribution in [0.1, 0.15) is 36.4 Å². The minimum atomic E-state index is 0.244. The topological polar surface area (TPSA) is 46.1 Å². The molecule has 1 aromatic carbocycles. The lowest BCUT2D eigenvalue weighted by atomic mass is 9.87. The van der Waals surface area contributed by atoms with Crippen LogP contribution in [-0.4, -0.2) is 33.9 Å². The molecule has 2 aromatic heterocycles. The van der Waals surface area contributed by atoms with E-state index in [0.717, 1.165) is 37.1 Å². The molecule has 1 saturated heterocycles. The molecule has 0 spiro atoms. The molecule has 132 valence electrons. The molecule has 1 fully saturated rings. The van der Waals surface area contributed by atoms with Crippen LogP contribution in [0.5, 0.6) is 0 Å². The molecule has 0 aliphatic carbocycles. The van der Waals surface area contributed by atoms with Crippen molar-refractivity contribution >= 4 is 16.8 Å². The normalized spacial score (nSPS) is 15.3. The van der Waals surface area contributed by atoms with Gasteiger partial charge in [0.2, 0.25) is 5.91 Å². The fourth-order valence-corrected chi connectivity index (χ4v) is 3.85. The van der Waals surface area contributed by atoms with Crippen molar-refractivity contribution in [3.8, 4) is 0 Å². The number of carbonyl (C=O) groups excluding carboxylic acids is 1. The summed E-state index contributed by atoms with van der Waals surface area (Å²) in [6, 6.07) is 16.3. The first-order chi connectivity index (χ1) is 12.8. The molecule has 0 saturated carbocycles. The molecule has 3 heterocycles. The molecular weight excluding hydrogens is 322 g/mol. The Morgan fingerprint density at radius 3 is 2.58 bits per heavy atom. The van der Waals surface area contributed by atoms with E-state index in [4.69, 9.17) is 0 Å². The van der Waals surface area contributed by atoms with Crippen LogP contribution in [0.25, 0.3) is 10.9 Å². The standard InChI is InChI=1S/C22H23N3O/c26-22(9-8-18-5-3-4-13-23-18)25-15-11-17(12-16-25)19-10-14-24-21-7-2-1-6-20(19)21/h1-7,10,13-14,17H,8-9,11-12,15-16H2. The Morgan fingerprint density at radius 2 is 1.77 bits per heavy atom. The number of likely N-dealkylation sites (tertiary alicyclic amines) is 1. The van der Waals surface area contributed by atoms with Crippen LogP contribution in [0.2, 0.25) is 0 Å². The van der Waals surface area contributed by atoms with Gasteiger partial charge in [-0.2, -0.15) is 0 Å². The fourth-order valence-electron chi connectivity index (χ4n) is 3.85. The molecule has 4 heteroatoms. The van der Waals surface area contributed by atoms with Gasteiger partial charge in [0.05, 0.1) is 5.52 Å². The lowest BCUT2D eigenvalue weighted by Gasteiger charge is -2.32. The minimum absolute atomic E-state index is 0.244. The highest BCUT2D eigenvalue weighted by Crippen LogP contribution is 2.32. The summed E-state index contributed by atoms with van der Waals surface area (Å²) in [5.41, 5.74) is 3.41. The van der Waals surface area contributed by atoms with Crippen molar-refractivity contribution in [2.45, 2.75) is 31.6 Å². The van der Waals surface area contributed by atoms with Crippen LogP contribution in [0.4, 0.5) is 0 Å². The quantitative estimate of drug-likeness (QED) is 0.719. The zero-order valence-electron chi connectivity index (χ0n) is 14.8. The Kier molecular flexibility index (Phi) is 4.91. The van der Waals surface area contributed by atoms with Crippen LogP contribution in [0.15, 0.2) is 60.9 Å². The van der Waals surface area contributed by atoms with E-state index < -0.39 is 0 Å². The van der Waals surface area contributed by atoms with Gasteiger partial charge in [-0.3, -0.25) is 14.8 Å². The molecule has 0 bridgehead atoms. The number of carbonyl (C=O) groups is 1. The molecule has 0 N–H and O–H groups in total. The minimum Gasteiger partial charge on any atom is -0.343 e. The Balaban J connectivity index is 1.37. The number of piperidine rings is 1. The van der Waals surface area contributed by atoms with Gasteiger partial charge in [-0.05, 0) is 55.0 Å². The van der Waals surface area contributed by atoms with Crippen molar-refractivity contribution in [3.63, 3.8) is 0 Å². The number of fused-ring (bicyclic) bond motifs is 1. The van der Waals surface area contributed by atoms with Crippen LogP contribution >= 0.6 is 0 Å². The number of hydrogen-bond acceptors (Lipinski definition) is 3. The number of pyridine rings is 2. The van der Waals surface area contributed by atoms with Crippen LogP contribution in [0.3, 0.4) is 0 Å². The average molecular weight is 345 g/mol. The number of aryl methyl sites for hydroxylation is 1. The first kappa shape index (κ1) is 16.7. The maximum absolute atomic E-state index is 12.5. The maximum atomic E-state index is 12.5. The number of rotatable bonds is 4. The van der Waals surface area contributed by atoms with Gasteiger partial charge in [-0.1, -0.05) is 24.3 Å². The van der Waals surface area contributed by atoms with E-state index in [1.54, 1.807) is 6.20 Å². The van der Waals surface area contributed by atoms with E-state index >= 15 is 0 Å². The third-order valence-corrected chi connectivity index (χ3v) is 5.29. The molecule has 1 amide bonds. The summed E-state index contributed by atoms with van der Waals surface area (Å²) in [5, 5.41) is 1.25. The summed E-state index contributed by atoms with van der Waals surface area (Å²) in [7, 11) is 0. The third-order valence-electron chi connectivity index (χ3n) is 5.29. The molecule has 1 aliphatic rings. The second-order valence-electron chi connectivity index (χ2n) is 6.89. The smallest absolute Gasteiger partial charge is 0.222 e. The third kappa shape index (κ3) is 3.59. The highest BCUT2D eigenvalue weighted by Gasteiger charge is 2.24. The van der Waals surface area contributed by atoms with E-state index in [0.29, 0.717) is 18.8 Å². The first-order valence-corrected chi connectivity index (χ1v) is 9.32. The van der Waals surface area contributed by atoms with E-state index in [1.165, 1.54) is 10.9 Å². The number of nitrogens with zero attached hydrogens (tertiary/aromatic N) is 3. The van der Waals surface area contributed by atoms with Crippen molar-refractivity contribution in [2.75, 3.05) is 13.1 Å². The monoisotopic (exact) mass is 345 g/mol. The molecule has 4 nitrogen and oxygen atoms in total. The summed E-state index contributed by atoms with van der Waals surface area (Å²) in [6.07, 6.45) is 6.98. The maximum Gasteiger partial charge on any atom is 0.222 e. The number of amides is 1. The van der Waals surface area contributed by atoms with Crippen molar-refractivity contribution < 1.29 is 4.79 Å². The zero-order chi connectivity index (χ0) is 17.8. The molecule has 1 aliphatic heterocycles. The Bertz CT molecular complexity index is 881. The Labute approximate surface area is 153 Å². The van der Waals surface area contributed by atoms with Crippen molar-refractivity contribution in [2.24, 2.45) is 0 Å². The number of hydrogen-bond donors (Lipinski definition) is 0. The summed E-state index contributed by atoms with van der Waals surface area (Å²) >= 11 is 0. The zero-order valence-corrected chi connectivity index (χ0v) is 14.8. The van der Waals surface area contributed by atoms with Crippen LogP contribution in [0, 0.1) is 0 Å². The lowest BCUT2D eigenvalue weighted by Crippen LogP contribution is -2.38. The van der Waals surface area contributed by atoms with Crippen molar-refractivity contribution in [1.82, 2.24) is 14.9 Å². The van der Waals surface area contributed by atoms with E-state index in [9.17, 15) is 4.79 Å². The van der Waals surface area contributed by atoms with Gasteiger partial charge in [-0.15, -0.1) is 0 Å². The van der Waals surface area contributed by atoms with Gasteiger partial charge in [0.25, 0.3) is 0 Å². The second-order valence-corrected chi connectivity index (χ2v) is 6.89. The molecular formula is C22H23N3O. The van der Waals surface area contributed by atoms with Gasteiger partial charge in [-0.25, -0.2) is 0 Å². The first-order valence-electron chi connectivity index (χ1n) is 9.32. The van der Waals surface area contributed by atoms with Crippen LogP contribution < -0.4 is 0 Å². The SMILES string of the molecule is O=C(CCc1ccccn1)N1CCC(c2ccnc3ccccc23)CC1. The second kappa shape index (κ2) is 7.65. The summed E-state index contributed by atoms with van der Waals surface area (Å²) in [6.45, 7) is 1.67. The van der Waals surface area contributed by atoms with Crippen molar-refractivity contribution in [3.05, 3.63) is 72.2 Å². The van der Waals surface area contributed by atoms with E-state index in [2.05, 4.69) is 34.2 Å². The molecule has 3 aromatic rings. The highest BCUT2D eigenvalue weighted by atomic mass is 16.2. The van der Waals surface area contributed by atoms with Crippen molar-refractivity contribution in [1.29, 1.82) is 0 Å². The molecule has 26 heavy (non-hydrogen) atoms. The van der Waals surface area contributed by atoms with Crippen LogP contribution in [-0.2, 0) is 11.2 Å². The number of aromatic nitrogens is 2. The largest absolute Gasteiger partial charge is 0.343 e. The molecule has 0 atom stereocenters. The summed E-state index contributed by atoms with van der Waals surface area (Å²) in [5.74, 6) is 0.747. The van der Waals surface area contributed by atoms with Gasteiger partial charge < -0.3 is 4.90 Å². The Hall–Kier alpha value is -2.75. The fraction of sp³-hybridized carbons (Fsp3) is 0.318. The lowest BCUT2D eigenvalue weighted by molar-refractivity contribution is -0.132. The summed E-state index contributed by atoms with van der Waals surface area (Å²) in [4.78, 5) is 23.3. The average Bonchev–Trinajstić information content (AvgIpc) is 2.72. The number of benzene rings is 1. The molecule has 0 radical (unpaired) electrons. The highest BCUT2D eigenvalue weighted by molar-refractivity contribution is 5.82.